The number of aromatic nitrogens is 2. The zero-order valence-electron chi connectivity index (χ0n) is 12.0. The summed E-state index contributed by atoms with van der Waals surface area (Å²) in [7, 11) is 0. The summed E-state index contributed by atoms with van der Waals surface area (Å²) in [5, 5.41) is 0. The number of ether oxygens (including phenoxy) is 1. The van der Waals surface area contributed by atoms with Crippen molar-refractivity contribution >= 4 is 16.9 Å². The van der Waals surface area contributed by atoms with E-state index in [2.05, 4.69) is 27.1 Å². The van der Waals surface area contributed by atoms with Crippen molar-refractivity contribution in [3.05, 3.63) is 72.1 Å². The van der Waals surface area contributed by atoms with Crippen LogP contribution in [-0.2, 0) is 11.2 Å². The smallest absolute Gasteiger partial charge is 0.237 e. The van der Waals surface area contributed by atoms with Gasteiger partial charge in [-0.05, 0) is 24.1 Å². The third kappa shape index (κ3) is 2.55. The van der Waals surface area contributed by atoms with Gasteiger partial charge in [-0.2, -0.15) is 0 Å². The van der Waals surface area contributed by atoms with Crippen molar-refractivity contribution in [2.75, 3.05) is 6.61 Å². The molecule has 0 spiro atoms. The maximum Gasteiger partial charge on any atom is 0.237 e. The summed E-state index contributed by atoms with van der Waals surface area (Å²) in [6.07, 6.45) is 2.61. The largest absolute Gasteiger partial charge is 0.474 e. The Morgan fingerprint density at radius 1 is 0.955 bits per heavy atom. The Balaban J connectivity index is 1.58. The highest BCUT2D eigenvalue weighted by atomic mass is 16.5. The zero-order valence-corrected chi connectivity index (χ0v) is 12.0. The monoisotopic (exact) mass is 289 g/mol. The van der Waals surface area contributed by atoms with Crippen molar-refractivity contribution in [1.82, 2.24) is 9.97 Å². The van der Waals surface area contributed by atoms with E-state index in [4.69, 9.17) is 4.74 Å². The lowest BCUT2D eigenvalue weighted by Gasteiger charge is -2.04. The molecule has 2 aromatic carbocycles. The molecule has 1 atom stereocenters. The van der Waals surface area contributed by atoms with E-state index >= 15 is 0 Å². The van der Waals surface area contributed by atoms with Gasteiger partial charge in [0.05, 0.1) is 23.3 Å². The van der Waals surface area contributed by atoms with E-state index in [1.54, 1.807) is 6.20 Å². The van der Waals surface area contributed by atoms with Gasteiger partial charge in [-0.15, -0.1) is 0 Å². The standard InChI is InChI=1S/C18H15N3O/c1-2-6-13(7-3-1)10-14-12-22-18(20-14)17-11-19-15-8-4-5-9-16(15)21-17/h1-9,11,14H,10,12H2. The maximum absolute atomic E-state index is 5.72. The fourth-order valence-electron chi connectivity index (χ4n) is 2.61. The van der Waals surface area contributed by atoms with Crippen LogP contribution >= 0.6 is 0 Å². The molecule has 22 heavy (non-hydrogen) atoms. The fourth-order valence-corrected chi connectivity index (χ4v) is 2.61. The van der Waals surface area contributed by atoms with Gasteiger partial charge in [0, 0.05) is 0 Å². The highest BCUT2D eigenvalue weighted by Crippen LogP contribution is 2.16. The quantitative estimate of drug-likeness (QED) is 0.744. The lowest BCUT2D eigenvalue weighted by molar-refractivity contribution is 0.316. The molecular formula is C18H15N3O. The second kappa shape index (κ2) is 5.56. The first kappa shape index (κ1) is 13.0. The van der Waals surface area contributed by atoms with E-state index in [1.165, 1.54) is 5.56 Å². The molecule has 1 unspecified atom stereocenters. The average molecular weight is 289 g/mol. The van der Waals surface area contributed by atoms with Crippen molar-refractivity contribution in [2.45, 2.75) is 12.5 Å². The van der Waals surface area contributed by atoms with Gasteiger partial charge >= 0.3 is 0 Å². The molecule has 0 fully saturated rings. The molecule has 0 aliphatic carbocycles. The molecule has 0 saturated heterocycles. The van der Waals surface area contributed by atoms with Crippen molar-refractivity contribution in [2.24, 2.45) is 4.99 Å². The number of aliphatic imine (C=N–C) groups is 1. The summed E-state index contributed by atoms with van der Waals surface area (Å²) < 4.78 is 5.72. The van der Waals surface area contributed by atoms with E-state index in [-0.39, 0.29) is 6.04 Å². The number of fused-ring (bicyclic) bond motifs is 1. The van der Waals surface area contributed by atoms with Crippen LogP contribution in [0.25, 0.3) is 11.0 Å². The Bertz CT molecular complexity index is 830. The number of hydrogen-bond donors (Lipinski definition) is 0. The highest BCUT2D eigenvalue weighted by Gasteiger charge is 2.21. The number of rotatable bonds is 3. The molecule has 3 aromatic rings. The van der Waals surface area contributed by atoms with Crippen molar-refractivity contribution in [1.29, 1.82) is 0 Å². The third-order valence-corrected chi connectivity index (χ3v) is 3.69. The SMILES string of the molecule is c1ccc(CC2COC(c3cnc4ccccc4n3)=N2)cc1. The Hall–Kier alpha value is -2.75. The Kier molecular flexibility index (Phi) is 3.27. The van der Waals surface area contributed by atoms with Gasteiger partial charge in [-0.25, -0.2) is 9.98 Å². The fraction of sp³-hybridized carbons (Fsp3) is 0.167. The minimum Gasteiger partial charge on any atom is -0.474 e. The average Bonchev–Trinajstić information content (AvgIpc) is 3.04. The second-order valence-electron chi connectivity index (χ2n) is 5.33. The molecule has 0 bridgehead atoms. The van der Waals surface area contributed by atoms with Crippen molar-refractivity contribution in [3.63, 3.8) is 0 Å². The van der Waals surface area contributed by atoms with Crippen LogP contribution < -0.4 is 0 Å². The van der Waals surface area contributed by atoms with Crippen molar-refractivity contribution < 1.29 is 4.74 Å². The highest BCUT2D eigenvalue weighted by molar-refractivity contribution is 5.94. The summed E-state index contributed by atoms with van der Waals surface area (Å²) in [5.41, 5.74) is 3.71. The third-order valence-electron chi connectivity index (χ3n) is 3.69. The normalized spacial score (nSPS) is 17.3. The lowest BCUT2D eigenvalue weighted by atomic mass is 10.1. The summed E-state index contributed by atoms with van der Waals surface area (Å²) in [6.45, 7) is 0.596. The zero-order chi connectivity index (χ0) is 14.8. The van der Waals surface area contributed by atoms with Gasteiger partial charge in [-0.3, -0.25) is 4.98 Å². The van der Waals surface area contributed by atoms with Gasteiger partial charge in [0.2, 0.25) is 5.90 Å². The molecule has 0 radical (unpaired) electrons. The van der Waals surface area contributed by atoms with Crippen LogP contribution in [-0.4, -0.2) is 28.5 Å². The minimum absolute atomic E-state index is 0.144. The molecule has 0 saturated carbocycles. The van der Waals surface area contributed by atoms with Crippen LogP contribution in [0.1, 0.15) is 11.3 Å². The van der Waals surface area contributed by atoms with Crippen LogP contribution in [0.5, 0.6) is 0 Å². The second-order valence-corrected chi connectivity index (χ2v) is 5.33. The Labute approximate surface area is 128 Å². The molecular weight excluding hydrogens is 274 g/mol. The number of benzene rings is 2. The predicted molar refractivity (Wildman–Crippen MR) is 86.0 cm³/mol. The number of nitrogens with zero attached hydrogens (tertiary/aromatic N) is 3. The van der Waals surface area contributed by atoms with E-state index in [0.717, 1.165) is 17.5 Å². The molecule has 108 valence electrons. The first-order valence-corrected chi connectivity index (χ1v) is 7.35. The van der Waals surface area contributed by atoms with E-state index < -0.39 is 0 Å². The molecule has 0 amide bonds. The van der Waals surface area contributed by atoms with Gasteiger partial charge in [0.25, 0.3) is 0 Å². The molecule has 4 nitrogen and oxygen atoms in total. The molecule has 0 N–H and O–H groups in total. The van der Waals surface area contributed by atoms with Crippen LogP contribution in [0.4, 0.5) is 0 Å². The van der Waals surface area contributed by atoms with Crippen LogP contribution in [0.3, 0.4) is 0 Å². The van der Waals surface area contributed by atoms with Gasteiger partial charge < -0.3 is 4.74 Å². The van der Waals surface area contributed by atoms with E-state index in [1.807, 2.05) is 42.5 Å². The van der Waals surface area contributed by atoms with Gasteiger partial charge in [0.15, 0.2) is 0 Å². The summed E-state index contributed by atoms with van der Waals surface area (Å²) >= 11 is 0. The van der Waals surface area contributed by atoms with E-state index in [0.29, 0.717) is 18.2 Å². The predicted octanol–water partition coefficient (Wildman–Crippen LogP) is 3.02. The summed E-state index contributed by atoms with van der Waals surface area (Å²) in [5.74, 6) is 0.596. The lowest BCUT2D eigenvalue weighted by Crippen LogP contribution is -2.09. The van der Waals surface area contributed by atoms with Crippen LogP contribution in [0.2, 0.25) is 0 Å². The van der Waals surface area contributed by atoms with E-state index in [9.17, 15) is 0 Å². The first-order valence-electron chi connectivity index (χ1n) is 7.35. The molecule has 1 aromatic heterocycles. The van der Waals surface area contributed by atoms with Gasteiger partial charge in [0.1, 0.15) is 12.3 Å². The molecule has 4 heteroatoms. The number of para-hydroxylation sites is 2. The van der Waals surface area contributed by atoms with Crippen LogP contribution in [0.15, 0.2) is 65.8 Å². The summed E-state index contributed by atoms with van der Waals surface area (Å²) in [4.78, 5) is 13.6. The van der Waals surface area contributed by atoms with Crippen LogP contribution in [0, 0.1) is 0 Å². The Morgan fingerprint density at radius 3 is 2.59 bits per heavy atom. The molecule has 4 rings (SSSR count). The van der Waals surface area contributed by atoms with Gasteiger partial charge in [-0.1, -0.05) is 42.5 Å². The number of hydrogen-bond acceptors (Lipinski definition) is 4. The maximum atomic E-state index is 5.72. The van der Waals surface area contributed by atoms with Crippen molar-refractivity contribution in [3.8, 4) is 0 Å². The molecule has 1 aliphatic rings. The Morgan fingerprint density at radius 2 is 1.73 bits per heavy atom. The first-order chi connectivity index (χ1) is 10.9. The molecule has 1 aliphatic heterocycles. The topological polar surface area (TPSA) is 47.4 Å². The minimum atomic E-state index is 0.144. The summed E-state index contributed by atoms with van der Waals surface area (Å²) in [6, 6.07) is 18.3. The molecule has 2 heterocycles.